The first-order valence-electron chi connectivity index (χ1n) is 5.21. The Kier molecular flexibility index (Phi) is 3.16. The van der Waals surface area contributed by atoms with Crippen molar-refractivity contribution in [1.82, 2.24) is 10.2 Å². The molecule has 0 unspecified atom stereocenters. The lowest BCUT2D eigenvalue weighted by Crippen LogP contribution is -2.10. The number of hydrogen-bond acceptors (Lipinski definition) is 5. The molecule has 0 saturated heterocycles. The van der Waals surface area contributed by atoms with Gasteiger partial charge in [0.15, 0.2) is 5.82 Å². The summed E-state index contributed by atoms with van der Waals surface area (Å²) in [5, 5.41) is 9.79. The van der Waals surface area contributed by atoms with Crippen molar-refractivity contribution in [2.75, 3.05) is 12.0 Å². The topological polar surface area (TPSA) is 73.1 Å². The summed E-state index contributed by atoms with van der Waals surface area (Å²) in [5.41, 5.74) is 2.52. The van der Waals surface area contributed by atoms with Crippen molar-refractivity contribution in [3.05, 3.63) is 24.3 Å². The highest BCUT2D eigenvalue weighted by molar-refractivity contribution is 5.94. The maximum absolute atomic E-state index is 5.53. The van der Waals surface area contributed by atoms with Gasteiger partial charge in [-0.15, -0.1) is 10.2 Å². The number of nitrogens with two attached hydrogens (primary N) is 1. The van der Waals surface area contributed by atoms with Crippen LogP contribution in [0.5, 0.6) is 5.88 Å². The zero-order valence-corrected chi connectivity index (χ0v) is 9.10. The van der Waals surface area contributed by atoms with Gasteiger partial charge in [-0.25, -0.2) is 5.84 Å². The fraction of sp³-hybridized carbons (Fsp3) is 0.273. The number of hydrazine groups is 1. The number of nitrogens with zero attached hydrogens (tertiary/aromatic N) is 2. The van der Waals surface area contributed by atoms with Gasteiger partial charge >= 0.3 is 0 Å². The van der Waals surface area contributed by atoms with Crippen LogP contribution in [0.2, 0.25) is 0 Å². The van der Waals surface area contributed by atoms with Crippen molar-refractivity contribution >= 4 is 16.6 Å². The number of nitrogens with one attached hydrogen (secondary N) is 1. The van der Waals surface area contributed by atoms with Gasteiger partial charge in [0, 0.05) is 10.8 Å². The molecule has 0 radical (unpaired) electrons. The molecule has 5 heteroatoms. The van der Waals surface area contributed by atoms with E-state index in [1.165, 1.54) is 0 Å². The first-order valence-corrected chi connectivity index (χ1v) is 5.21. The quantitative estimate of drug-likeness (QED) is 0.603. The van der Waals surface area contributed by atoms with E-state index in [0.29, 0.717) is 18.3 Å². The average Bonchev–Trinajstić information content (AvgIpc) is 2.36. The van der Waals surface area contributed by atoms with E-state index in [-0.39, 0.29) is 0 Å². The fourth-order valence-corrected chi connectivity index (χ4v) is 1.49. The SMILES string of the molecule is CCCOc1nnc(NN)c2ccccc12. The third kappa shape index (κ3) is 1.90. The second kappa shape index (κ2) is 4.76. The molecule has 0 aliphatic rings. The molecule has 0 spiro atoms. The van der Waals surface area contributed by atoms with Crippen molar-refractivity contribution in [1.29, 1.82) is 0 Å². The molecule has 0 saturated carbocycles. The van der Waals surface area contributed by atoms with Crippen LogP contribution in [-0.4, -0.2) is 16.8 Å². The lowest BCUT2D eigenvalue weighted by atomic mass is 10.2. The summed E-state index contributed by atoms with van der Waals surface area (Å²) in [5.74, 6) is 6.48. The molecule has 1 aromatic heterocycles. The van der Waals surface area contributed by atoms with Gasteiger partial charge in [-0.3, -0.25) is 0 Å². The Bertz CT molecular complexity index is 486. The number of aromatic nitrogens is 2. The smallest absolute Gasteiger partial charge is 0.241 e. The van der Waals surface area contributed by atoms with Crippen molar-refractivity contribution < 1.29 is 4.74 Å². The van der Waals surface area contributed by atoms with Crippen LogP contribution in [0.25, 0.3) is 10.8 Å². The van der Waals surface area contributed by atoms with Gasteiger partial charge in [-0.05, 0) is 12.5 Å². The summed E-state index contributed by atoms with van der Waals surface area (Å²) in [7, 11) is 0. The van der Waals surface area contributed by atoms with Gasteiger partial charge in [-0.1, -0.05) is 25.1 Å². The molecule has 16 heavy (non-hydrogen) atoms. The van der Waals surface area contributed by atoms with Gasteiger partial charge < -0.3 is 10.2 Å². The highest BCUT2D eigenvalue weighted by Crippen LogP contribution is 2.26. The summed E-state index contributed by atoms with van der Waals surface area (Å²) >= 11 is 0. The molecule has 0 amide bonds. The normalized spacial score (nSPS) is 10.4. The molecule has 5 nitrogen and oxygen atoms in total. The molecule has 0 fully saturated rings. The Morgan fingerprint density at radius 1 is 1.25 bits per heavy atom. The number of anilines is 1. The summed E-state index contributed by atoms with van der Waals surface area (Å²) in [6, 6.07) is 7.73. The minimum atomic E-state index is 0.552. The van der Waals surface area contributed by atoms with Gasteiger partial charge in [0.25, 0.3) is 0 Å². The second-order valence-electron chi connectivity index (χ2n) is 3.39. The minimum absolute atomic E-state index is 0.552. The standard InChI is InChI=1S/C11H14N4O/c1-2-7-16-11-9-6-4-3-5-8(9)10(13-12)14-15-11/h3-6H,2,7,12H2,1H3,(H,13,14). The molecular formula is C11H14N4O. The van der Waals surface area contributed by atoms with Crippen LogP contribution < -0.4 is 16.0 Å². The Morgan fingerprint density at radius 2 is 2.00 bits per heavy atom. The molecule has 2 aromatic rings. The maximum Gasteiger partial charge on any atom is 0.241 e. The van der Waals surface area contributed by atoms with Gasteiger partial charge in [0.2, 0.25) is 5.88 Å². The highest BCUT2D eigenvalue weighted by Gasteiger charge is 2.08. The zero-order chi connectivity index (χ0) is 11.4. The summed E-state index contributed by atoms with van der Waals surface area (Å²) < 4.78 is 5.53. The van der Waals surface area contributed by atoms with Crippen LogP contribution in [0.4, 0.5) is 5.82 Å². The van der Waals surface area contributed by atoms with Crippen LogP contribution in [0.15, 0.2) is 24.3 Å². The second-order valence-corrected chi connectivity index (χ2v) is 3.39. The van der Waals surface area contributed by atoms with E-state index in [9.17, 15) is 0 Å². The monoisotopic (exact) mass is 218 g/mol. The largest absolute Gasteiger partial charge is 0.476 e. The predicted octanol–water partition coefficient (Wildman–Crippen LogP) is 1.70. The highest BCUT2D eigenvalue weighted by atomic mass is 16.5. The van der Waals surface area contributed by atoms with Gasteiger partial charge in [-0.2, -0.15) is 0 Å². The molecule has 1 heterocycles. The van der Waals surface area contributed by atoms with E-state index in [2.05, 4.69) is 15.6 Å². The van der Waals surface area contributed by atoms with E-state index in [4.69, 9.17) is 10.6 Å². The Morgan fingerprint density at radius 3 is 2.69 bits per heavy atom. The lowest BCUT2D eigenvalue weighted by molar-refractivity contribution is 0.306. The minimum Gasteiger partial charge on any atom is -0.476 e. The van der Waals surface area contributed by atoms with Crippen LogP contribution in [-0.2, 0) is 0 Å². The number of rotatable bonds is 4. The van der Waals surface area contributed by atoms with E-state index in [1.54, 1.807) is 0 Å². The fourth-order valence-electron chi connectivity index (χ4n) is 1.49. The molecule has 0 aliphatic heterocycles. The van der Waals surface area contributed by atoms with Crippen LogP contribution in [0.3, 0.4) is 0 Å². The summed E-state index contributed by atoms with van der Waals surface area (Å²) in [4.78, 5) is 0. The van der Waals surface area contributed by atoms with Crippen molar-refractivity contribution in [3.8, 4) is 5.88 Å². The molecule has 0 aliphatic carbocycles. The molecule has 2 rings (SSSR count). The summed E-state index contributed by atoms with van der Waals surface area (Å²) in [6.07, 6.45) is 0.937. The van der Waals surface area contributed by atoms with E-state index < -0.39 is 0 Å². The predicted molar refractivity (Wildman–Crippen MR) is 63.1 cm³/mol. The van der Waals surface area contributed by atoms with E-state index in [0.717, 1.165) is 17.2 Å². The number of hydrogen-bond donors (Lipinski definition) is 2. The van der Waals surface area contributed by atoms with E-state index >= 15 is 0 Å². The van der Waals surface area contributed by atoms with Crippen LogP contribution >= 0.6 is 0 Å². The van der Waals surface area contributed by atoms with Crippen molar-refractivity contribution in [2.45, 2.75) is 13.3 Å². The summed E-state index contributed by atoms with van der Waals surface area (Å²) in [6.45, 7) is 2.68. The van der Waals surface area contributed by atoms with E-state index in [1.807, 2.05) is 31.2 Å². The van der Waals surface area contributed by atoms with Crippen LogP contribution in [0, 0.1) is 0 Å². The first-order chi connectivity index (χ1) is 7.86. The van der Waals surface area contributed by atoms with Crippen LogP contribution in [0.1, 0.15) is 13.3 Å². The molecule has 0 atom stereocenters. The van der Waals surface area contributed by atoms with Gasteiger partial charge in [0.05, 0.1) is 6.61 Å². The molecular weight excluding hydrogens is 204 g/mol. The third-order valence-electron chi connectivity index (χ3n) is 2.23. The molecule has 3 N–H and O–H groups in total. The van der Waals surface area contributed by atoms with Crippen molar-refractivity contribution in [2.24, 2.45) is 5.84 Å². The first kappa shape index (κ1) is 10.6. The molecule has 1 aromatic carbocycles. The molecule has 0 bridgehead atoms. The Hall–Kier alpha value is -1.88. The van der Waals surface area contributed by atoms with Gasteiger partial charge in [0.1, 0.15) is 0 Å². The average molecular weight is 218 g/mol. The zero-order valence-electron chi connectivity index (χ0n) is 9.10. The Balaban J connectivity index is 2.51. The number of fused-ring (bicyclic) bond motifs is 1. The Labute approximate surface area is 93.6 Å². The maximum atomic E-state index is 5.53. The molecule has 84 valence electrons. The third-order valence-corrected chi connectivity index (χ3v) is 2.23. The number of benzene rings is 1. The van der Waals surface area contributed by atoms with Crippen molar-refractivity contribution in [3.63, 3.8) is 0 Å². The number of nitrogen functional groups attached to an aromatic ring is 1. The lowest BCUT2D eigenvalue weighted by Gasteiger charge is -2.08. The number of ether oxygens (including phenoxy) is 1.